The van der Waals surface area contributed by atoms with E-state index in [0.717, 1.165) is 0 Å². The second kappa shape index (κ2) is 8.03. The molecule has 1 aliphatic rings. The third kappa shape index (κ3) is 15.8. The van der Waals surface area contributed by atoms with Crippen LogP contribution in [0.2, 0.25) is 0 Å². The van der Waals surface area contributed by atoms with E-state index < -0.39 is 37.4 Å². The Hall–Kier alpha value is -0.250. The monoisotopic (exact) mass is 305 g/mol. The fourth-order valence-corrected chi connectivity index (χ4v) is 0.813. The SMILES string of the molecule is FC(F)(F)CC1CO1.[Cl-].[NH3+]CC(O)CC(F)(F)F. The van der Waals surface area contributed by atoms with Gasteiger partial charge in [0.2, 0.25) is 0 Å². The molecular formula is C8H14ClF6NO2. The van der Waals surface area contributed by atoms with Crippen LogP contribution in [-0.2, 0) is 4.74 Å². The number of hydrogen-bond donors (Lipinski definition) is 2. The molecular weight excluding hydrogens is 292 g/mol. The van der Waals surface area contributed by atoms with E-state index in [1.165, 1.54) is 0 Å². The summed E-state index contributed by atoms with van der Waals surface area (Å²) in [4.78, 5) is 0. The van der Waals surface area contributed by atoms with Crippen LogP contribution in [0.5, 0.6) is 0 Å². The zero-order chi connectivity index (χ0) is 13.7. The Bertz CT molecular complexity index is 219. The first-order valence-corrected chi connectivity index (χ1v) is 4.76. The molecule has 112 valence electrons. The molecule has 18 heavy (non-hydrogen) atoms. The Morgan fingerprint density at radius 3 is 1.72 bits per heavy atom. The molecule has 4 N–H and O–H groups in total. The van der Waals surface area contributed by atoms with Gasteiger partial charge in [-0.3, -0.25) is 0 Å². The van der Waals surface area contributed by atoms with Crippen LogP contribution >= 0.6 is 0 Å². The Morgan fingerprint density at radius 2 is 1.61 bits per heavy atom. The molecule has 1 heterocycles. The van der Waals surface area contributed by atoms with Crippen molar-refractivity contribution in [2.75, 3.05) is 13.2 Å². The van der Waals surface area contributed by atoms with Gasteiger partial charge in [0.25, 0.3) is 0 Å². The number of quaternary nitrogens is 1. The van der Waals surface area contributed by atoms with Gasteiger partial charge in [0.05, 0.1) is 25.6 Å². The summed E-state index contributed by atoms with van der Waals surface area (Å²) >= 11 is 0. The van der Waals surface area contributed by atoms with Crippen molar-refractivity contribution in [2.45, 2.75) is 37.4 Å². The Morgan fingerprint density at radius 1 is 1.17 bits per heavy atom. The fraction of sp³-hybridized carbons (Fsp3) is 1.00. The van der Waals surface area contributed by atoms with Gasteiger partial charge in [0.15, 0.2) is 0 Å². The van der Waals surface area contributed by atoms with Crippen molar-refractivity contribution in [2.24, 2.45) is 0 Å². The van der Waals surface area contributed by atoms with E-state index in [4.69, 9.17) is 5.11 Å². The van der Waals surface area contributed by atoms with Gasteiger partial charge in [-0.05, 0) is 0 Å². The van der Waals surface area contributed by atoms with E-state index in [1.807, 2.05) is 0 Å². The summed E-state index contributed by atoms with van der Waals surface area (Å²) in [5.41, 5.74) is 3.12. The highest BCUT2D eigenvalue weighted by Gasteiger charge is 2.38. The second-order valence-corrected chi connectivity index (χ2v) is 3.54. The molecule has 2 atom stereocenters. The molecule has 1 aliphatic heterocycles. The molecule has 1 saturated heterocycles. The third-order valence-corrected chi connectivity index (χ3v) is 1.66. The van der Waals surface area contributed by atoms with Crippen LogP contribution in [0.15, 0.2) is 0 Å². The summed E-state index contributed by atoms with van der Waals surface area (Å²) in [7, 11) is 0. The number of aliphatic hydroxyl groups excluding tert-OH is 1. The number of halogens is 7. The van der Waals surface area contributed by atoms with Crippen molar-refractivity contribution >= 4 is 0 Å². The summed E-state index contributed by atoms with van der Waals surface area (Å²) in [6, 6.07) is 0. The Balaban J connectivity index is 0. The first kappa shape index (κ1) is 20.1. The maximum absolute atomic E-state index is 11.3. The lowest BCUT2D eigenvalue weighted by Crippen LogP contribution is -3.00. The smallest absolute Gasteiger partial charge is 0.391 e. The normalized spacial score (nSPS) is 20.3. The molecule has 0 radical (unpaired) electrons. The van der Waals surface area contributed by atoms with Gasteiger partial charge >= 0.3 is 12.4 Å². The van der Waals surface area contributed by atoms with Crippen LogP contribution in [0.3, 0.4) is 0 Å². The highest BCUT2D eigenvalue weighted by atomic mass is 35.5. The van der Waals surface area contributed by atoms with Crippen molar-refractivity contribution in [3.05, 3.63) is 0 Å². The van der Waals surface area contributed by atoms with E-state index in [1.54, 1.807) is 0 Å². The first-order chi connectivity index (χ1) is 7.53. The van der Waals surface area contributed by atoms with Gasteiger partial charge in [0, 0.05) is 0 Å². The van der Waals surface area contributed by atoms with Gasteiger partial charge in [-0.25, -0.2) is 0 Å². The molecule has 0 aromatic rings. The van der Waals surface area contributed by atoms with Crippen molar-refractivity contribution in [1.82, 2.24) is 0 Å². The summed E-state index contributed by atoms with van der Waals surface area (Å²) in [5, 5.41) is 8.41. The number of aliphatic hydroxyl groups is 1. The van der Waals surface area contributed by atoms with Gasteiger partial charge < -0.3 is 28.0 Å². The average molecular weight is 306 g/mol. The number of alkyl halides is 6. The van der Waals surface area contributed by atoms with Crippen molar-refractivity contribution < 1.29 is 54.3 Å². The topological polar surface area (TPSA) is 60.4 Å². The zero-order valence-electron chi connectivity index (χ0n) is 9.19. The molecule has 2 unspecified atom stereocenters. The average Bonchev–Trinajstić information content (AvgIpc) is 2.83. The molecule has 10 heteroatoms. The van der Waals surface area contributed by atoms with Crippen LogP contribution in [0.4, 0.5) is 26.3 Å². The minimum atomic E-state index is -4.27. The summed E-state index contributed by atoms with van der Waals surface area (Å²) in [6.07, 6.45) is -12.1. The van der Waals surface area contributed by atoms with Crippen LogP contribution in [-0.4, -0.2) is 42.8 Å². The van der Waals surface area contributed by atoms with E-state index in [-0.39, 0.29) is 25.6 Å². The molecule has 0 amide bonds. The molecule has 1 fully saturated rings. The van der Waals surface area contributed by atoms with Gasteiger partial charge in [0.1, 0.15) is 12.6 Å². The summed E-state index contributed by atoms with van der Waals surface area (Å²) < 4.78 is 72.1. The lowest BCUT2D eigenvalue weighted by molar-refractivity contribution is -0.387. The van der Waals surface area contributed by atoms with Crippen LogP contribution in [0.25, 0.3) is 0 Å². The number of hydrogen-bond acceptors (Lipinski definition) is 2. The molecule has 0 bridgehead atoms. The molecule has 0 saturated carbocycles. The lowest BCUT2D eigenvalue weighted by Gasteiger charge is -2.07. The molecule has 0 spiro atoms. The van der Waals surface area contributed by atoms with Crippen LogP contribution in [0, 0.1) is 0 Å². The van der Waals surface area contributed by atoms with Crippen molar-refractivity contribution in [1.29, 1.82) is 0 Å². The number of ether oxygens (including phenoxy) is 1. The van der Waals surface area contributed by atoms with Gasteiger partial charge in [-0.1, -0.05) is 0 Å². The highest BCUT2D eigenvalue weighted by molar-refractivity contribution is 4.72. The number of epoxide rings is 1. The first-order valence-electron chi connectivity index (χ1n) is 4.76. The van der Waals surface area contributed by atoms with Crippen LogP contribution < -0.4 is 18.1 Å². The van der Waals surface area contributed by atoms with Crippen LogP contribution in [0.1, 0.15) is 12.8 Å². The Labute approximate surface area is 106 Å². The summed E-state index contributed by atoms with van der Waals surface area (Å²) in [5.74, 6) is 0. The largest absolute Gasteiger partial charge is 1.00 e. The van der Waals surface area contributed by atoms with E-state index in [0.29, 0.717) is 0 Å². The molecule has 0 aromatic carbocycles. The summed E-state index contributed by atoms with van der Waals surface area (Å²) in [6.45, 7) is 0.180. The fourth-order valence-electron chi connectivity index (χ4n) is 0.813. The van der Waals surface area contributed by atoms with Gasteiger partial charge in [-0.15, -0.1) is 0 Å². The molecule has 0 aliphatic carbocycles. The molecule has 0 aromatic heterocycles. The zero-order valence-corrected chi connectivity index (χ0v) is 9.95. The minimum absolute atomic E-state index is 0. The lowest BCUT2D eigenvalue weighted by atomic mass is 10.2. The minimum Gasteiger partial charge on any atom is -1.00 e. The van der Waals surface area contributed by atoms with Gasteiger partial charge in [-0.2, -0.15) is 26.3 Å². The van der Waals surface area contributed by atoms with E-state index in [9.17, 15) is 26.3 Å². The molecule has 1 rings (SSSR count). The highest BCUT2D eigenvalue weighted by Crippen LogP contribution is 2.27. The second-order valence-electron chi connectivity index (χ2n) is 3.54. The van der Waals surface area contributed by atoms with Crippen molar-refractivity contribution in [3.8, 4) is 0 Å². The Kier molecular flexibility index (Phi) is 8.95. The third-order valence-electron chi connectivity index (χ3n) is 1.66. The predicted molar refractivity (Wildman–Crippen MR) is 44.8 cm³/mol. The maximum Gasteiger partial charge on any atom is 0.391 e. The number of rotatable bonds is 3. The molecule has 3 nitrogen and oxygen atoms in total. The standard InChI is InChI=1S/C4H8F3NO.C4H5F3O.ClH/c5-4(6,7)1-3(9)2-8;5-4(6,7)1-3-2-8-3;/h3,9H,1-2,8H2;3H,1-2H2;1H. The maximum atomic E-state index is 11.3. The van der Waals surface area contributed by atoms with E-state index >= 15 is 0 Å². The van der Waals surface area contributed by atoms with Crippen molar-refractivity contribution in [3.63, 3.8) is 0 Å². The quantitative estimate of drug-likeness (QED) is 0.463. The predicted octanol–water partition coefficient (Wildman–Crippen LogP) is -2.12. The van der Waals surface area contributed by atoms with E-state index in [2.05, 4.69) is 10.5 Å².